The van der Waals surface area contributed by atoms with Crippen LogP contribution in [0.15, 0.2) is 35.4 Å². The zero-order valence-corrected chi connectivity index (χ0v) is 12.6. The Hall–Kier alpha value is -0.0600. The number of allylic oxidation sites excluding steroid dienone is 1. The standard InChI is InChI=1S/C13H17ClN.HI/c1-11(14)7-8-15(2)9-12-5-3-4-6-13(12)10-15;/h3-7H,8-10H2,1-2H3;1H/q+1;/p-1. The van der Waals surface area contributed by atoms with Crippen LogP contribution in [0.3, 0.4) is 0 Å². The number of fused-ring (bicyclic) bond motifs is 1. The lowest BCUT2D eigenvalue weighted by Crippen LogP contribution is -3.00. The van der Waals surface area contributed by atoms with Gasteiger partial charge in [-0.2, -0.15) is 0 Å². The fraction of sp³-hybridized carbons (Fsp3) is 0.385. The van der Waals surface area contributed by atoms with Crippen LogP contribution < -0.4 is 24.0 Å². The number of rotatable bonds is 2. The first-order valence-corrected chi connectivity index (χ1v) is 5.69. The third-order valence-electron chi connectivity index (χ3n) is 3.04. The predicted molar refractivity (Wildman–Crippen MR) is 64.5 cm³/mol. The van der Waals surface area contributed by atoms with Crippen molar-refractivity contribution >= 4 is 11.6 Å². The lowest BCUT2D eigenvalue weighted by atomic mass is 10.1. The molecule has 0 atom stereocenters. The molecule has 1 aliphatic heterocycles. The van der Waals surface area contributed by atoms with Gasteiger partial charge in [0, 0.05) is 16.2 Å². The molecule has 16 heavy (non-hydrogen) atoms. The average Bonchev–Trinajstić information content (AvgIpc) is 2.52. The van der Waals surface area contributed by atoms with Crippen LogP contribution in [0, 0.1) is 0 Å². The summed E-state index contributed by atoms with van der Waals surface area (Å²) in [6.45, 7) is 5.20. The van der Waals surface area contributed by atoms with Gasteiger partial charge in [0.1, 0.15) is 13.1 Å². The lowest BCUT2D eigenvalue weighted by Gasteiger charge is -2.27. The molecule has 0 unspecified atom stereocenters. The van der Waals surface area contributed by atoms with Crippen molar-refractivity contribution in [2.45, 2.75) is 20.0 Å². The summed E-state index contributed by atoms with van der Waals surface area (Å²) >= 11 is 5.88. The Morgan fingerprint density at radius 2 is 1.81 bits per heavy atom. The van der Waals surface area contributed by atoms with E-state index in [4.69, 9.17) is 11.6 Å². The number of halogens is 2. The number of likely N-dealkylation sites (N-methyl/N-ethyl adjacent to an activating group) is 1. The second-order valence-corrected chi connectivity index (χ2v) is 5.27. The molecule has 0 radical (unpaired) electrons. The molecule has 0 fully saturated rings. The van der Waals surface area contributed by atoms with Crippen molar-refractivity contribution < 1.29 is 28.5 Å². The Morgan fingerprint density at radius 3 is 2.25 bits per heavy atom. The SMILES string of the molecule is CC(Cl)=CC[N+]1(C)Cc2ccccc2C1.[I-]. The van der Waals surface area contributed by atoms with E-state index in [0.29, 0.717) is 0 Å². The van der Waals surface area contributed by atoms with E-state index >= 15 is 0 Å². The largest absolute Gasteiger partial charge is 1.00 e. The molecule has 0 N–H and O–H groups in total. The Balaban J connectivity index is 0.00000128. The minimum atomic E-state index is 0. The fourth-order valence-electron chi connectivity index (χ4n) is 2.22. The molecule has 0 saturated carbocycles. The van der Waals surface area contributed by atoms with Gasteiger partial charge in [0.2, 0.25) is 0 Å². The summed E-state index contributed by atoms with van der Waals surface area (Å²) in [7, 11) is 2.29. The Labute approximate surface area is 120 Å². The number of nitrogens with zero attached hydrogens (tertiary/aromatic N) is 1. The van der Waals surface area contributed by atoms with Gasteiger partial charge in [-0.15, -0.1) is 0 Å². The van der Waals surface area contributed by atoms with Crippen molar-refractivity contribution in [3.63, 3.8) is 0 Å². The predicted octanol–water partition coefficient (Wildman–Crippen LogP) is 0.293. The number of hydrogen-bond donors (Lipinski definition) is 0. The van der Waals surface area contributed by atoms with Gasteiger partial charge in [-0.1, -0.05) is 35.9 Å². The molecular formula is C13H17ClIN. The zero-order valence-electron chi connectivity index (χ0n) is 9.71. The summed E-state index contributed by atoms with van der Waals surface area (Å²) in [6, 6.07) is 8.71. The van der Waals surface area contributed by atoms with Crippen molar-refractivity contribution in [2.24, 2.45) is 0 Å². The molecule has 1 nitrogen and oxygen atoms in total. The highest BCUT2D eigenvalue weighted by molar-refractivity contribution is 6.29. The smallest absolute Gasteiger partial charge is 0.105 e. The Kier molecular flexibility index (Phi) is 4.83. The Bertz CT molecular complexity index is 372. The number of hydrogen-bond acceptors (Lipinski definition) is 0. The molecule has 0 amide bonds. The van der Waals surface area contributed by atoms with Gasteiger partial charge in [0.05, 0.1) is 13.6 Å². The van der Waals surface area contributed by atoms with Gasteiger partial charge >= 0.3 is 0 Å². The van der Waals surface area contributed by atoms with Gasteiger partial charge in [0.15, 0.2) is 0 Å². The minimum absolute atomic E-state index is 0. The van der Waals surface area contributed by atoms with Crippen LogP contribution in [-0.4, -0.2) is 18.1 Å². The van der Waals surface area contributed by atoms with Crippen LogP contribution >= 0.6 is 11.6 Å². The van der Waals surface area contributed by atoms with E-state index in [1.54, 1.807) is 0 Å². The van der Waals surface area contributed by atoms with Crippen LogP contribution in [0.4, 0.5) is 0 Å². The maximum absolute atomic E-state index is 5.88. The fourth-order valence-corrected chi connectivity index (χ4v) is 2.29. The van der Waals surface area contributed by atoms with E-state index < -0.39 is 0 Å². The van der Waals surface area contributed by atoms with E-state index in [1.165, 1.54) is 11.1 Å². The maximum atomic E-state index is 5.88. The third-order valence-corrected chi connectivity index (χ3v) is 3.19. The van der Waals surface area contributed by atoms with Gasteiger partial charge in [-0.05, 0) is 13.0 Å². The summed E-state index contributed by atoms with van der Waals surface area (Å²) in [5, 5.41) is 0.894. The first-order valence-electron chi connectivity index (χ1n) is 5.32. The van der Waals surface area contributed by atoms with Crippen molar-refractivity contribution in [3.8, 4) is 0 Å². The lowest BCUT2D eigenvalue weighted by molar-refractivity contribution is -0.923. The molecule has 0 bridgehead atoms. The molecule has 88 valence electrons. The Morgan fingerprint density at radius 1 is 1.31 bits per heavy atom. The molecule has 3 heteroatoms. The molecule has 0 spiro atoms. The first kappa shape index (κ1) is 14.0. The van der Waals surface area contributed by atoms with Crippen LogP contribution in [0.1, 0.15) is 18.1 Å². The third kappa shape index (κ3) is 3.22. The first-order chi connectivity index (χ1) is 7.09. The molecule has 0 aliphatic carbocycles. The van der Waals surface area contributed by atoms with E-state index in [0.717, 1.165) is 29.1 Å². The van der Waals surface area contributed by atoms with Crippen LogP contribution in [-0.2, 0) is 13.1 Å². The molecule has 0 aromatic heterocycles. The molecule has 1 aromatic rings. The second-order valence-electron chi connectivity index (χ2n) is 4.68. The van der Waals surface area contributed by atoms with Crippen LogP contribution in [0.25, 0.3) is 0 Å². The van der Waals surface area contributed by atoms with E-state index in [9.17, 15) is 0 Å². The molecule has 1 aliphatic rings. The normalized spacial score (nSPS) is 17.8. The summed E-state index contributed by atoms with van der Waals surface area (Å²) in [4.78, 5) is 0. The summed E-state index contributed by atoms with van der Waals surface area (Å²) in [6.07, 6.45) is 2.12. The summed E-state index contributed by atoms with van der Waals surface area (Å²) in [5.41, 5.74) is 2.97. The topological polar surface area (TPSA) is 0 Å². The molecule has 1 aromatic carbocycles. The molecule has 1 heterocycles. The molecular weight excluding hydrogens is 333 g/mol. The number of quaternary nitrogens is 1. The number of benzene rings is 1. The molecule has 0 saturated heterocycles. The maximum Gasteiger partial charge on any atom is 0.105 e. The van der Waals surface area contributed by atoms with E-state index in [-0.39, 0.29) is 24.0 Å². The monoisotopic (exact) mass is 349 g/mol. The quantitative estimate of drug-likeness (QED) is 0.532. The van der Waals surface area contributed by atoms with Crippen molar-refractivity contribution in [3.05, 3.63) is 46.5 Å². The minimum Gasteiger partial charge on any atom is -1.00 e. The summed E-state index contributed by atoms with van der Waals surface area (Å²) < 4.78 is 1.05. The van der Waals surface area contributed by atoms with E-state index in [2.05, 4.69) is 37.4 Å². The van der Waals surface area contributed by atoms with Crippen molar-refractivity contribution in [2.75, 3.05) is 13.6 Å². The highest BCUT2D eigenvalue weighted by Gasteiger charge is 2.30. The van der Waals surface area contributed by atoms with Crippen LogP contribution in [0.2, 0.25) is 0 Å². The second kappa shape index (κ2) is 5.52. The van der Waals surface area contributed by atoms with Gasteiger partial charge in [0.25, 0.3) is 0 Å². The van der Waals surface area contributed by atoms with Crippen LogP contribution in [0.5, 0.6) is 0 Å². The highest BCUT2D eigenvalue weighted by Crippen LogP contribution is 2.28. The van der Waals surface area contributed by atoms with Gasteiger partial charge in [-0.3, -0.25) is 0 Å². The van der Waals surface area contributed by atoms with Crippen molar-refractivity contribution in [1.82, 2.24) is 0 Å². The summed E-state index contributed by atoms with van der Waals surface area (Å²) in [5.74, 6) is 0. The van der Waals surface area contributed by atoms with E-state index in [1.807, 2.05) is 6.92 Å². The molecule has 2 rings (SSSR count). The van der Waals surface area contributed by atoms with Gasteiger partial charge < -0.3 is 28.5 Å². The average molecular weight is 350 g/mol. The zero-order chi connectivity index (χ0) is 10.9. The highest BCUT2D eigenvalue weighted by atomic mass is 127. The van der Waals surface area contributed by atoms with Crippen molar-refractivity contribution in [1.29, 1.82) is 0 Å². The van der Waals surface area contributed by atoms with Gasteiger partial charge in [-0.25, -0.2) is 0 Å².